The molecule has 1 aliphatic heterocycles. The molecule has 1 aromatic carbocycles. The second kappa shape index (κ2) is 6.80. The van der Waals surface area contributed by atoms with Crippen molar-refractivity contribution in [3.05, 3.63) is 24.3 Å². The van der Waals surface area contributed by atoms with Crippen molar-refractivity contribution in [2.75, 3.05) is 31.6 Å². The van der Waals surface area contributed by atoms with Gasteiger partial charge in [-0.2, -0.15) is 0 Å². The zero-order valence-electron chi connectivity index (χ0n) is 12.4. The summed E-state index contributed by atoms with van der Waals surface area (Å²) in [5.74, 6) is 1.60. The number of ether oxygens (including phenoxy) is 1. The maximum absolute atomic E-state index is 5.23. The van der Waals surface area contributed by atoms with E-state index in [1.54, 1.807) is 7.11 Å². The smallest absolute Gasteiger partial charge is 0.119 e. The van der Waals surface area contributed by atoms with E-state index < -0.39 is 0 Å². The summed E-state index contributed by atoms with van der Waals surface area (Å²) < 4.78 is 5.23. The van der Waals surface area contributed by atoms with Gasteiger partial charge in [0.1, 0.15) is 5.75 Å². The molecule has 2 unspecified atom stereocenters. The van der Waals surface area contributed by atoms with E-state index >= 15 is 0 Å². The number of methoxy groups -OCH3 is 1. The molecule has 0 spiro atoms. The van der Waals surface area contributed by atoms with Crippen LogP contribution in [0.3, 0.4) is 0 Å². The first-order chi connectivity index (χ1) is 9.22. The number of anilines is 1. The minimum Gasteiger partial charge on any atom is -0.497 e. The zero-order valence-corrected chi connectivity index (χ0v) is 12.4. The monoisotopic (exact) mass is 262 g/mol. The largest absolute Gasteiger partial charge is 0.497 e. The summed E-state index contributed by atoms with van der Waals surface area (Å²) in [7, 11) is 1.71. The first-order valence-corrected chi connectivity index (χ1v) is 7.35. The third-order valence-corrected chi connectivity index (χ3v) is 3.96. The van der Waals surface area contributed by atoms with Crippen LogP contribution in [-0.2, 0) is 0 Å². The Balaban J connectivity index is 2.07. The highest BCUT2D eigenvalue weighted by molar-refractivity contribution is 5.49. The summed E-state index contributed by atoms with van der Waals surface area (Å²) >= 11 is 0. The first-order valence-electron chi connectivity index (χ1n) is 7.35. The normalized spacial score (nSPS) is 24.7. The minimum atomic E-state index is 0.656. The molecule has 0 aliphatic carbocycles. The molecule has 0 aromatic heterocycles. The molecule has 1 aromatic rings. The minimum absolute atomic E-state index is 0.656. The lowest BCUT2D eigenvalue weighted by atomic mass is 10.0. The lowest BCUT2D eigenvalue weighted by molar-refractivity contribution is 0.387. The lowest BCUT2D eigenvalue weighted by Gasteiger charge is -2.33. The maximum Gasteiger partial charge on any atom is 0.119 e. The highest BCUT2D eigenvalue weighted by Gasteiger charge is 2.18. The standard InChI is InChI=1S/C16H26N2O/c1-4-14-9-10-18(12-13(2)11-17-14)15-5-7-16(19-3)8-6-15/h5-8,13-14,17H,4,9-12H2,1-3H3. The summed E-state index contributed by atoms with van der Waals surface area (Å²) in [5.41, 5.74) is 1.31. The molecule has 19 heavy (non-hydrogen) atoms. The van der Waals surface area contributed by atoms with Gasteiger partial charge in [-0.05, 0) is 49.6 Å². The molecule has 106 valence electrons. The van der Waals surface area contributed by atoms with Crippen LogP contribution in [0, 0.1) is 5.92 Å². The number of nitrogens with one attached hydrogen (secondary N) is 1. The van der Waals surface area contributed by atoms with Gasteiger partial charge in [-0.25, -0.2) is 0 Å². The Hall–Kier alpha value is -1.22. The van der Waals surface area contributed by atoms with Gasteiger partial charge in [-0.1, -0.05) is 13.8 Å². The molecule has 1 heterocycles. The molecule has 0 amide bonds. The fourth-order valence-electron chi connectivity index (χ4n) is 2.69. The van der Waals surface area contributed by atoms with Crippen molar-refractivity contribution in [1.29, 1.82) is 0 Å². The van der Waals surface area contributed by atoms with Crippen LogP contribution in [0.15, 0.2) is 24.3 Å². The van der Waals surface area contributed by atoms with Crippen LogP contribution in [0.5, 0.6) is 5.75 Å². The van der Waals surface area contributed by atoms with Crippen LogP contribution in [0.4, 0.5) is 5.69 Å². The van der Waals surface area contributed by atoms with E-state index in [0.29, 0.717) is 12.0 Å². The third-order valence-electron chi connectivity index (χ3n) is 3.96. The average Bonchev–Trinajstić information content (AvgIpc) is 2.43. The molecule has 1 saturated heterocycles. The highest BCUT2D eigenvalue weighted by atomic mass is 16.5. The van der Waals surface area contributed by atoms with Crippen LogP contribution in [0.2, 0.25) is 0 Å². The molecule has 1 N–H and O–H groups in total. The van der Waals surface area contributed by atoms with Gasteiger partial charge in [-0.3, -0.25) is 0 Å². The van der Waals surface area contributed by atoms with E-state index in [1.165, 1.54) is 18.5 Å². The van der Waals surface area contributed by atoms with E-state index in [2.05, 4.69) is 36.2 Å². The van der Waals surface area contributed by atoms with Crippen molar-refractivity contribution in [2.45, 2.75) is 32.7 Å². The van der Waals surface area contributed by atoms with Crippen molar-refractivity contribution < 1.29 is 4.74 Å². The van der Waals surface area contributed by atoms with Gasteiger partial charge < -0.3 is 15.0 Å². The van der Waals surface area contributed by atoms with Gasteiger partial charge >= 0.3 is 0 Å². The van der Waals surface area contributed by atoms with Gasteiger partial charge in [0.05, 0.1) is 7.11 Å². The van der Waals surface area contributed by atoms with E-state index in [-0.39, 0.29) is 0 Å². The van der Waals surface area contributed by atoms with Crippen LogP contribution in [0.25, 0.3) is 0 Å². The van der Waals surface area contributed by atoms with Crippen molar-refractivity contribution >= 4 is 5.69 Å². The van der Waals surface area contributed by atoms with E-state index in [4.69, 9.17) is 4.74 Å². The number of rotatable bonds is 3. The number of benzene rings is 1. The van der Waals surface area contributed by atoms with Crippen molar-refractivity contribution in [3.8, 4) is 5.75 Å². The second-order valence-electron chi connectivity index (χ2n) is 5.55. The molecule has 3 heteroatoms. The average molecular weight is 262 g/mol. The molecule has 0 saturated carbocycles. The Morgan fingerprint density at radius 1 is 1.32 bits per heavy atom. The predicted octanol–water partition coefficient (Wildman–Crippen LogP) is 2.91. The van der Waals surface area contributed by atoms with Crippen LogP contribution < -0.4 is 15.0 Å². The molecule has 2 atom stereocenters. The van der Waals surface area contributed by atoms with Crippen LogP contribution in [-0.4, -0.2) is 32.8 Å². The highest BCUT2D eigenvalue weighted by Crippen LogP contribution is 2.22. The number of hydrogen-bond donors (Lipinski definition) is 1. The third kappa shape index (κ3) is 3.87. The van der Waals surface area contributed by atoms with E-state index in [9.17, 15) is 0 Å². The fourth-order valence-corrected chi connectivity index (χ4v) is 2.69. The van der Waals surface area contributed by atoms with E-state index in [0.717, 1.165) is 25.4 Å². The molecule has 1 aliphatic rings. The van der Waals surface area contributed by atoms with Crippen molar-refractivity contribution in [1.82, 2.24) is 5.32 Å². The zero-order chi connectivity index (χ0) is 13.7. The first kappa shape index (κ1) is 14.2. The summed E-state index contributed by atoms with van der Waals surface area (Å²) in [6.07, 6.45) is 2.43. The Bertz CT molecular complexity index is 377. The Labute approximate surface area is 116 Å². The maximum atomic E-state index is 5.23. The van der Waals surface area contributed by atoms with Gasteiger partial charge in [0.25, 0.3) is 0 Å². The second-order valence-corrected chi connectivity index (χ2v) is 5.55. The number of nitrogens with zero attached hydrogens (tertiary/aromatic N) is 1. The van der Waals surface area contributed by atoms with Crippen molar-refractivity contribution in [2.24, 2.45) is 5.92 Å². The summed E-state index contributed by atoms with van der Waals surface area (Å²) in [6.45, 7) is 7.95. The molecular weight excluding hydrogens is 236 g/mol. The predicted molar refractivity (Wildman–Crippen MR) is 81.1 cm³/mol. The Kier molecular flexibility index (Phi) is 5.08. The summed E-state index contributed by atoms with van der Waals surface area (Å²) in [6, 6.07) is 9.09. The molecule has 0 bridgehead atoms. The molecule has 0 radical (unpaired) electrons. The van der Waals surface area contributed by atoms with Gasteiger partial charge in [0.2, 0.25) is 0 Å². The molecule has 1 fully saturated rings. The summed E-state index contributed by atoms with van der Waals surface area (Å²) in [4.78, 5) is 2.51. The molecular formula is C16H26N2O. The van der Waals surface area contributed by atoms with Crippen LogP contribution in [0.1, 0.15) is 26.7 Å². The topological polar surface area (TPSA) is 24.5 Å². The lowest BCUT2D eigenvalue weighted by Crippen LogP contribution is -2.43. The van der Waals surface area contributed by atoms with Gasteiger partial charge in [-0.15, -0.1) is 0 Å². The molecule has 2 rings (SSSR count). The van der Waals surface area contributed by atoms with Gasteiger partial charge in [0.15, 0.2) is 0 Å². The fraction of sp³-hybridized carbons (Fsp3) is 0.625. The SMILES string of the molecule is CCC1CCN(c2ccc(OC)cc2)CC(C)CN1. The number of hydrogen-bond acceptors (Lipinski definition) is 3. The summed E-state index contributed by atoms with van der Waals surface area (Å²) in [5, 5.41) is 3.66. The van der Waals surface area contributed by atoms with Gasteiger partial charge in [0, 0.05) is 24.8 Å². The molecule has 3 nitrogen and oxygen atoms in total. The van der Waals surface area contributed by atoms with Crippen molar-refractivity contribution in [3.63, 3.8) is 0 Å². The van der Waals surface area contributed by atoms with E-state index in [1.807, 2.05) is 12.1 Å². The van der Waals surface area contributed by atoms with Crippen LogP contribution >= 0.6 is 0 Å². The quantitative estimate of drug-likeness (QED) is 0.906. The Morgan fingerprint density at radius 3 is 2.68 bits per heavy atom. The Morgan fingerprint density at radius 2 is 2.05 bits per heavy atom.